The maximum atomic E-state index is 14.6. The molecule has 0 radical (unpaired) electrons. The number of benzene rings is 1. The summed E-state index contributed by atoms with van der Waals surface area (Å²) in [6.45, 7) is 2.76. The molecule has 1 aromatic rings. The summed E-state index contributed by atoms with van der Waals surface area (Å²) in [6, 6.07) is 3.59. The Balaban J connectivity index is 1.54. The SMILES string of the molecule is CCCCC1CCC2C(c3ccc(C4CO4)c(F)c3F)CCC12. The molecule has 0 bridgehead atoms. The Morgan fingerprint density at radius 2 is 1.70 bits per heavy atom. The largest absolute Gasteiger partial charge is 0.368 e. The normalized spacial score (nSPS) is 35.5. The van der Waals surface area contributed by atoms with Gasteiger partial charge in [0.05, 0.1) is 6.61 Å². The minimum Gasteiger partial charge on any atom is -0.368 e. The van der Waals surface area contributed by atoms with Crippen LogP contribution in [0.1, 0.15) is 75.0 Å². The molecule has 1 heterocycles. The lowest BCUT2D eigenvalue weighted by molar-refractivity contribution is 0.318. The number of unbranched alkanes of at least 4 members (excludes halogenated alkanes) is 1. The van der Waals surface area contributed by atoms with E-state index in [1.165, 1.54) is 38.5 Å². The molecule has 0 N–H and O–H groups in total. The van der Waals surface area contributed by atoms with Crippen LogP contribution in [0.5, 0.6) is 0 Å². The molecule has 4 rings (SSSR count). The highest BCUT2D eigenvalue weighted by Crippen LogP contribution is 2.56. The Kier molecular flexibility index (Phi) is 4.17. The fourth-order valence-corrected chi connectivity index (χ4v) is 5.27. The summed E-state index contributed by atoms with van der Waals surface area (Å²) in [5, 5.41) is 0. The second-order valence-corrected chi connectivity index (χ2v) is 7.69. The molecule has 1 aromatic carbocycles. The molecule has 2 aliphatic carbocycles. The van der Waals surface area contributed by atoms with Crippen LogP contribution < -0.4 is 0 Å². The molecule has 1 aliphatic heterocycles. The minimum absolute atomic E-state index is 0.218. The molecule has 0 aromatic heterocycles. The number of hydrogen-bond acceptors (Lipinski definition) is 1. The van der Waals surface area contributed by atoms with Gasteiger partial charge in [-0.25, -0.2) is 8.78 Å². The lowest BCUT2D eigenvalue weighted by Crippen LogP contribution is -2.14. The van der Waals surface area contributed by atoms with Crippen LogP contribution in [0.15, 0.2) is 12.1 Å². The van der Waals surface area contributed by atoms with Crippen molar-refractivity contribution >= 4 is 0 Å². The maximum Gasteiger partial charge on any atom is 0.165 e. The molecular weight excluding hydrogens is 294 g/mol. The molecule has 3 fully saturated rings. The summed E-state index contributed by atoms with van der Waals surface area (Å²) in [4.78, 5) is 0. The van der Waals surface area contributed by atoms with Gasteiger partial charge in [0.1, 0.15) is 6.10 Å². The summed E-state index contributed by atoms with van der Waals surface area (Å²) < 4.78 is 34.1. The molecule has 23 heavy (non-hydrogen) atoms. The van der Waals surface area contributed by atoms with Gasteiger partial charge in [-0.2, -0.15) is 0 Å². The first-order valence-electron chi connectivity index (χ1n) is 9.30. The molecule has 1 nitrogen and oxygen atoms in total. The minimum atomic E-state index is -0.672. The number of hydrogen-bond donors (Lipinski definition) is 0. The monoisotopic (exact) mass is 320 g/mol. The number of fused-ring (bicyclic) bond motifs is 1. The number of ether oxygens (including phenoxy) is 1. The van der Waals surface area contributed by atoms with Crippen LogP contribution >= 0.6 is 0 Å². The van der Waals surface area contributed by atoms with Crippen LogP contribution in [0, 0.1) is 29.4 Å². The summed E-state index contributed by atoms with van der Waals surface area (Å²) in [5.41, 5.74) is 1.02. The standard InChI is InChI=1S/C20H26F2O/c1-2-3-4-12-5-6-14-13(12)7-8-15(14)16-9-10-17(18-11-23-18)20(22)19(16)21/h9-10,12-15,18H,2-8,11H2,1H3. The third-order valence-electron chi connectivity index (χ3n) is 6.50. The van der Waals surface area contributed by atoms with Crippen LogP contribution in [-0.2, 0) is 4.74 Å². The molecule has 5 atom stereocenters. The fraction of sp³-hybridized carbons (Fsp3) is 0.700. The van der Waals surface area contributed by atoms with Gasteiger partial charge in [-0.1, -0.05) is 38.3 Å². The highest BCUT2D eigenvalue weighted by Gasteiger charge is 2.45. The van der Waals surface area contributed by atoms with Crippen LogP contribution in [0.3, 0.4) is 0 Å². The first kappa shape index (κ1) is 15.6. The van der Waals surface area contributed by atoms with Crippen molar-refractivity contribution in [3.63, 3.8) is 0 Å². The lowest BCUT2D eigenvalue weighted by atomic mass is 9.83. The highest BCUT2D eigenvalue weighted by molar-refractivity contribution is 5.33. The van der Waals surface area contributed by atoms with Crippen LogP contribution in [-0.4, -0.2) is 6.61 Å². The van der Waals surface area contributed by atoms with Crippen LogP contribution in [0.2, 0.25) is 0 Å². The van der Waals surface area contributed by atoms with E-state index in [1.807, 2.05) is 6.07 Å². The highest BCUT2D eigenvalue weighted by atomic mass is 19.2. The van der Waals surface area contributed by atoms with Crippen molar-refractivity contribution in [2.45, 2.75) is 63.9 Å². The van der Waals surface area contributed by atoms with Gasteiger partial charge < -0.3 is 4.74 Å². The van der Waals surface area contributed by atoms with Gasteiger partial charge in [0.2, 0.25) is 0 Å². The van der Waals surface area contributed by atoms with E-state index in [1.54, 1.807) is 6.07 Å². The van der Waals surface area contributed by atoms with E-state index in [-0.39, 0.29) is 12.0 Å². The van der Waals surface area contributed by atoms with E-state index in [4.69, 9.17) is 4.74 Å². The zero-order valence-corrected chi connectivity index (χ0v) is 13.9. The molecule has 126 valence electrons. The zero-order valence-electron chi connectivity index (χ0n) is 13.9. The molecule has 0 amide bonds. The second-order valence-electron chi connectivity index (χ2n) is 7.69. The van der Waals surface area contributed by atoms with E-state index < -0.39 is 11.6 Å². The summed E-state index contributed by atoms with van der Waals surface area (Å²) in [7, 11) is 0. The molecule has 0 spiro atoms. The summed E-state index contributed by atoms with van der Waals surface area (Å²) in [5.74, 6) is 1.05. The van der Waals surface area contributed by atoms with Gasteiger partial charge in [-0.15, -0.1) is 0 Å². The van der Waals surface area contributed by atoms with Crippen molar-refractivity contribution in [1.29, 1.82) is 0 Å². The van der Waals surface area contributed by atoms with Crippen molar-refractivity contribution < 1.29 is 13.5 Å². The lowest BCUT2D eigenvalue weighted by Gasteiger charge is -2.22. The average Bonchev–Trinajstić information content (AvgIpc) is 3.18. The first-order valence-corrected chi connectivity index (χ1v) is 9.30. The average molecular weight is 320 g/mol. The Labute approximate surface area is 137 Å². The molecule has 5 unspecified atom stereocenters. The maximum absolute atomic E-state index is 14.6. The Morgan fingerprint density at radius 1 is 1.00 bits per heavy atom. The molecule has 1 saturated heterocycles. The molecule has 3 aliphatic rings. The van der Waals surface area contributed by atoms with Gasteiger partial charge in [0.25, 0.3) is 0 Å². The van der Waals surface area contributed by atoms with Crippen molar-refractivity contribution in [2.24, 2.45) is 17.8 Å². The van der Waals surface area contributed by atoms with E-state index >= 15 is 0 Å². The topological polar surface area (TPSA) is 12.5 Å². The van der Waals surface area contributed by atoms with Gasteiger partial charge in [0, 0.05) is 5.56 Å². The fourth-order valence-electron chi connectivity index (χ4n) is 5.27. The van der Waals surface area contributed by atoms with E-state index in [0.717, 1.165) is 18.3 Å². The van der Waals surface area contributed by atoms with Gasteiger partial charge in [-0.05, 0) is 54.9 Å². The van der Waals surface area contributed by atoms with Gasteiger partial charge >= 0.3 is 0 Å². The van der Waals surface area contributed by atoms with Crippen molar-refractivity contribution in [2.75, 3.05) is 6.61 Å². The molecule has 3 heteroatoms. The number of epoxide rings is 1. The van der Waals surface area contributed by atoms with Crippen molar-refractivity contribution in [3.8, 4) is 0 Å². The van der Waals surface area contributed by atoms with E-state index in [0.29, 0.717) is 23.7 Å². The summed E-state index contributed by atoms with van der Waals surface area (Å²) in [6.07, 6.45) is 8.34. The Morgan fingerprint density at radius 3 is 2.43 bits per heavy atom. The van der Waals surface area contributed by atoms with Crippen molar-refractivity contribution in [1.82, 2.24) is 0 Å². The summed E-state index contributed by atoms with van der Waals surface area (Å²) >= 11 is 0. The zero-order chi connectivity index (χ0) is 16.0. The smallest absolute Gasteiger partial charge is 0.165 e. The number of rotatable bonds is 5. The van der Waals surface area contributed by atoms with Crippen molar-refractivity contribution in [3.05, 3.63) is 34.9 Å². The predicted octanol–water partition coefficient (Wildman–Crippen LogP) is 5.75. The van der Waals surface area contributed by atoms with Crippen LogP contribution in [0.4, 0.5) is 8.78 Å². The third kappa shape index (κ3) is 2.71. The quantitative estimate of drug-likeness (QED) is 0.630. The Bertz CT molecular complexity index is 581. The second kappa shape index (κ2) is 6.16. The third-order valence-corrected chi connectivity index (χ3v) is 6.50. The predicted molar refractivity (Wildman–Crippen MR) is 86.3 cm³/mol. The Hall–Kier alpha value is -0.960. The first-order chi connectivity index (χ1) is 11.2. The van der Waals surface area contributed by atoms with Gasteiger partial charge in [0.15, 0.2) is 11.6 Å². The van der Waals surface area contributed by atoms with E-state index in [9.17, 15) is 8.78 Å². The van der Waals surface area contributed by atoms with E-state index in [2.05, 4.69) is 6.92 Å². The van der Waals surface area contributed by atoms with Crippen LogP contribution in [0.25, 0.3) is 0 Å². The number of halogens is 2. The van der Waals surface area contributed by atoms with Gasteiger partial charge in [-0.3, -0.25) is 0 Å². The molecule has 2 saturated carbocycles. The molecular formula is C20H26F2O.